The molecule has 0 fully saturated rings. The number of H-pyrrole nitrogens is 1. The predicted octanol–water partition coefficient (Wildman–Crippen LogP) is 5.95. The molecule has 1 aromatic heterocycles. The number of rotatable bonds is 1. The lowest BCUT2D eigenvalue weighted by atomic mass is 10.2. The molecule has 6 heteroatoms. The van der Waals surface area contributed by atoms with Gasteiger partial charge >= 0.3 is 0 Å². The van der Waals surface area contributed by atoms with Gasteiger partial charge in [-0.2, -0.15) is 0 Å². The van der Waals surface area contributed by atoms with Crippen molar-refractivity contribution in [3.63, 3.8) is 0 Å². The maximum absolute atomic E-state index is 6.18. The van der Waals surface area contributed by atoms with Crippen LogP contribution in [0.2, 0.25) is 15.1 Å². The number of aromatic nitrogens is 2. The molecule has 0 radical (unpaired) electrons. The lowest BCUT2D eigenvalue weighted by molar-refractivity contribution is 1.34. The van der Waals surface area contributed by atoms with Crippen LogP contribution in [0.25, 0.3) is 22.4 Å². The van der Waals surface area contributed by atoms with E-state index in [4.69, 9.17) is 34.8 Å². The third-order valence-corrected chi connectivity index (χ3v) is 3.98. The molecule has 0 aliphatic rings. The van der Waals surface area contributed by atoms with E-state index in [1.807, 2.05) is 12.1 Å². The van der Waals surface area contributed by atoms with E-state index in [1.165, 1.54) is 0 Å². The van der Waals surface area contributed by atoms with Crippen LogP contribution in [0.15, 0.2) is 34.8 Å². The molecule has 0 saturated carbocycles. The van der Waals surface area contributed by atoms with Crippen molar-refractivity contribution in [3.8, 4) is 11.4 Å². The van der Waals surface area contributed by atoms with Crippen LogP contribution in [-0.2, 0) is 0 Å². The minimum atomic E-state index is 0.543. The summed E-state index contributed by atoms with van der Waals surface area (Å²) in [5.41, 5.74) is 2.35. The van der Waals surface area contributed by atoms with Crippen LogP contribution < -0.4 is 0 Å². The smallest absolute Gasteiger partial charge is 0.140 e. The minimum absolute atomic E-state index is 0.543. The highest BCUT2D eigenvalue weighted by Gasteiger charge is 2.12. The van der Waals surface area contributed by atoms with Crippen LogP contribution in [0, 0.1) is 0 Å². The van der Waals surface area contributed by atoms with Gasteiger partial charge in [-0.1, -0.05) is 50.7 Å². The number of nitrogens with one attached hydrogen (secondary N) is 1. The van der Waals surface area contributed by atoms with E-state index in [9.17, 15) is 0 Å². The normalized spacial score (nSPS) is 11.2. The van der Waals surface area contributed by atoms with Crippen molar-refractivity contribution in [1.82, 2.24) is 9.97 Å². The maximum Gasteiger partial charge on any atom is 0.140 e. The summed E-state index contributed by atoms with van der Waals surface area (Å²) in [4.78, 5) is 7.68. The van der Waals surface area contributed by atoms with Gasteiger partial charge in [0.05, 0.1) is 15.6 Å². The van der Waals surface area contributed by atoms with Crippen molar-refractivity contribution < 1.29 is 0 Å². The quantitative estimate of drug-likeness (QED) is 0.558. The first-order valence-corrected chi connectivity index (χ1v) is 7.27. The number of hydrogen-bond acceptors (Lipinski definition) is 1. The highest BCUT2D eigenvalue weighted by atomic mass is 79.9. The summed E-state index contributed by atoms with van der Waals surface area (Å²) >= 11 is 21.6. The summed E-state index contributed by atoms with van der Waals surface area (Å²) in [5.74, 6) is 0.664. The van der Waals surface area contributed by atoms with Crippen molar-refractivity contribution in [3.05, 3.63) is 49.9 Å². The Morgan fingerprint density at radius 1 is 1.00 bits per heavy atom. The highest BCUT2D eigenvalue weighted by Crippen LogP contribution is 2.32. The van der Waals surface area contributed by atoms with Crippen LogP contribution in [-0.4, -0.2) is 9.97 Å². The van der Waals surface area contributed by atoms with Crippen molar-refractivity contribution in [2.45, 2.75) is 0 Å². The van der Waals surface area contributed by atoms with Gasteiger partial charge in [0, 0.05) is 15.1 Å². The summed E-state index contributed by atoms with van der Waals surface area (Å²) in [5, 5.41) is 1.71. The topological polar surface area (TPSA) is 28.7 Å². The Morgan fingerprint density at radius 2 is 1.79 bits per heavy atom. The Hall–Kier alpha value is -0.740. The van der Waals surface area contributed by atoms with E-state index in [0.29, 0.717) is 26.4 Å². The SMILES string of the molecule is Clc1ccc(-c2nc3c(Cl)cc(Br)cc3[nH]2)c(Cl)c1. The average Bonchev–Trinajstić information content (AvgIpc) is 2.72. The molecule has 0 atom stereocenters. The number of nitrogens with zero attached hydrogens (tertiary/aromatic N) is 1. The molecule has 0 aliphatic heterocycles. The molecule has 0 amide bonds. The Bertz CT molecular complexity index is 783. The van der Waals surface area contributed by atoms with E-state index < -0.39 is 0 Å². The zero-order valence-corrected chi connectivity index (χ0v) is 13.2. The van der Waals surface area contributed by atoms with Crippen molar-refractivity contribution in [2.24, 2.45) is 0 Å². The molecule has 0 bridgehead atoms. The van der Waals surface area contributed by atoms with Crippen LogP contribution in [0.4, 0.5) is 0 Å². The Morgan fingerprint density at radius 3 is 2.53 bits per heavy atom. The lowest BCUT2D eigenvalue weighted by Crippen LogP contribution is -1.81. The Labute approximate surface area is 132 Å². The van der Waals surface area contributed by atoms with Gasteiger partial charge in [0.15, 0.2) is 0 Å². The maximum atomic E-state index is 6.18. The van der Waals surface area contributed by atoms with Crippen molar-refractivity contribution in [1.29, 1.82) is 0 Å². The predicted molar refractivity (Wildman–Crippen MR) is 84.3 cm³/mol. The van der Waals surface area contributed by atoms with Crippen LogP contribution in [0.5, 0.6) is 0 Å². The largest absolute Gasteiger partial charge is 0.338 e. The van der Waals surface area contributed by atoms with Crippen molar-refractivity contribution in [2.75, 3.05) is 0 Å². The number of hydrogen-bond donors (Lipinski definition) is 1. The number of benzene rings is 2. The molecule has 1 heterocycles. The molecule has 2 nitrogen and oxygen atoms in total. The summed E-state index contributed by atoms with van der Waals surface area (Å²) in [6, 6.07) is 9.00. The first kappa shape index (κ1) is 13.3. The third-order valence-electron chi connectivity index (χ3n) is 2.69. The van der Waals surface area contributed by atoms with Gasteiger partial charge in [0.1, 0.15) is 11.3 Å². The fraction of sp³-hybridized carbons (Fsp3) is 0. The molecule has 3 aromatic rings. The lowest BCUT2D eigenvalue weighted by Gasteiger charge is -2.00. The van der Waals surface area contributed by atoms with E-state index in [-0.39, 0.29) is 0 Å². The zero-order valence-electron chi connectivity index (χ0n) is 9.35. The van der Waals surface area contributed by atoms with Gasteiger partial charge in [-0.25, -0.2) is 4.98 Å². The average molecular weight is 376 g/mol. The second-order valence-electron chi connectivity index (χ2n) is 3.99. The first-order valence-electron chi connectivity index (χ1n) is 5.35. The molecule has 1 N–H and O–H groups in total. The number of halogens is 4. The van der Waals surface area contributed by atoms with Gasteiger partial charge in [0.2, 0.25) is 0 Å². The van der Waals surface area contributed by atoms with E-state index >= 15 is 0 Å². The highest BCUT2D eigenvalue weighted by molar-refractivity contribution is 9.10. The van der Waals surface area contributed by atoms with E-state index in [2.05, 4.69) is 25.9 Å². The first-order chi connectivity index (χ1) is 9.04. The molecule has 2 aromatic carbocycles. The van der Waals surface area contributed by atoms with Gasteiger partial charge in [-0.3, -0.25) is 0 Å². The molecular formula is C13H6BrCl3N2. The number of imidazole rings is 1. The molecule has 0 saturated heterocycles. The minimum Gasteiger partial charge on any atom is -0.338 e. The molecule has 0 spiro atoms. The Kier molecular flexibility index (Phi) is 3.48. The fourth-order valence-electron chi connectivity index (χ4n) is 1.85. The fourth-order valence-corrected chi connectivity index (χ4v) is 3.20. The van der Waals surface area contributed by atoms with Gasteiger partial charge in [0.25, 0.3) is 0 Å². The molecule has 0 aliphatic carbocycles. The summed E-state index contributed by atoms with van der Waals surface area (Å²) in [6.07, 6.45) is 0. The van der Waals surface area contributed by atoms with Crippen LogP contribution >= 0.6 is 50.7 Å². The molecule has 96 valence electrons. The van der Waals surface area contributed by atoms with E-state index in [1.54, 1.807) is 18.2 Å². The van der Waals surface area contributed by atoms with Crippen LogP contribution in [0.3, 0.4) is 0 Å². The molecule has 0 unspecified atom stereocenters. The standard InChI is InChI=1S/C13H6BrCl3N2/c14-6-3-10(17)12-11(4-6)18-13(19-12)8-2-1-7(15)5-9(8)16/h1-5H,(H,18,19). The summed E-state index contributed by atoms with van der Waals surface area (Å²) < 4.78 is 0.891. The molecular weight excluding hydrogens is 370 g/mol. The second kappa shape index (κ2) is 4.98. The van der Waals surface area contributed by atoms with Crippen molar-refractivity contribution >= 4 is 61.8 Å². The monoisotopic (exact) mass is 374 g/mol. The molecule has 19 heavy (non-hydrogen) atoms. The summed E-state index contributed by atoms with van der Waals surface area (Å²) in [6.45, 7) is 0. The van der Waals surface area contributed by atoms with Gasteiger partial charge in [-0.05, 0) is 30.3 Å². The second-order valence-corrected chi connectivity index (χ2v) is 6.16. The number of fused-ring (bicyclic) bond motifs is 1. The van der Waals surface area contributed by atoms with E-state index in [0.717, 1.165) is 15.6 Å². The molecule has 3 rings (SSSR count). The number of aromatic amines is 1. The summed E-state index contributed by atoms with van der Waals surface area (Å²) in [7, 11) is 0. The van der Waals surface area contributed by atoms with Gasteiger partial charge in [-0.15, -0.1) is 0 Å². The third kappa shape index (κ3) is 2.48. The zero-order chi connectivity index (χ0) is 13.6. The van der Waals surface area contributed by atoms with Gasteiger partial charge < -0.3 is 4.98 Å². The van der Waals surface area contributed by atoms with Crippen LogP contribution in [0.1, 0.15) is 0 Å². The Balaban J connectivity index is 2.23.